The van der Waals surface area contributed by atoms with Gasteiger partial charge in [0.2, 0.25) is 0 Å². The number of hydrogen-bond donors (Lipinski definition) is 3. The Balaban J connectivity index is 1.77. The number of rotatable bonds is 7. The van der Waals surface area contributed by atoms with E-state index in [1.54, 1.807) is 36.4 Å². The molecule has 0 aliphatic rings. The van der Waals surface area contributed by atoms with Crippen LogP contribution in [0, 0.1) is 0 Å². The first-order chi connectivity index (χ1) is 11.1. The predicted octanol–water partition coefficient (Wildman–Crippen LogP) is 1.31. The van der Waals surface area contributed by atoms with Gasteiger partial charge in [-0.2, -0.15) is 0 Å². The maximum atomic E-state index is 11.9. The SMILES string of the molecule is C=C(NNC(=O)CNC(=O)c1cccc(OC)c1)c1ccco1. The lowest BCUT2D eigenvalue weighted by Crippen LogP contribution is -2.42. The quantitative estimate of drug-likeness (QED) is 0.670. The van der Waals surface area contributed by atoms with Gasteiger partial charge in [0.1, 0.15) is 5.75 Å². The van der Waals surface area contributed by atoms with Crippen molar-refractivity contribution in [2.24, 2.45) is 0 Å². The van der Waals surface area contributed by atoms with E-state index in [0.717, 1.165) is 0 Å². The Bertz CT molecular complexity index is 695. The summed E-state index contributed by atoms with van der Waals surface area (Å²) in [5.41, 5.74) is 5.83. The molecular weight excluding hydrogens is 298 g/mol. The molecule has 7 nitrogen and oxygen atoms in total. The van der Waals surface area contributed by atoms with E-state index < -0.39 is 5.91 Å². The molecule has 0 bridgehead atoms. The monoisotopic (exact) mass is 315 g/mol. The van der Waals surface area contributed by atoms with Gasteiger partial charge in [0.15, 0.2) is 5.76 Å². The van der Waals surface area contributed by atoms with Crippen molar-refractivity contribution in [3.63, 3.8) is 0 Å². The van der Waals surface area contributed by atoms with Crippen LogP contribution >= 0.6 is 0 Å². The van der Waals surface area contributed by atoms with Crippen LogP contribution in [-0.4, -0.2) is 25.5 Å². The van der Waals surface area contributed by atoms with E-state index in [1.807, 2.05) is 0 Å². The number of hydrogen-bond acceptors (Lipinski definition) is 5. The molecule has 1 heterocycles. The Labute approximate surface area is 133 Å². The summed E-state index contributed by atoms with van der Waals surface area (Å²) in [4.78, 5) is 23.6. The summed E-state index contributed by atoms with van der Waals surface area (Å²) in [6, 6.07) is 10.1. The topological polar surface area (TPSA) is 92.6 Å². The maximum Gasteiger partial charge on any atom is 0.257 e. The molecule has 120 valence electrons. The first-order valence-corrected chi connectivity index (χ1v) is 6.80. The molecule has 0 spiro atoms. The normalized spacial score (nSPS) is 9.78. The van der Waals surface area contributed by atoms with Gasteiger partial charge < -0.3 is 14.5 Å². The summed E-state index contributed by atoms with van der Waals surface area (Å²) in [7, 11) is 1.52. The highest BCUT2D eigenvalue weighted by Crippen LogP contribution is 2.12. The number of nitrogens with one attached hydrogen (secondary N) is 3. The third kappa shape index (κ3) is 4.63. The first-order valence-electron chi connectivity index (χ1n) is 6.80. The lowest BCUT2D eigenvalue weighted by Gasteiger charge is -2.10. The molecule has 23 heavy (non-hydrogen) atoms. The van der Waals surface area contributed by atoms with Crippen LogP contribution in [0.3, 0.4) is 0 Å². The second kappa shape index (κ2) is 7.69. The molecule has 2 amide bonds. The number of furan rings is 1. The van der Waals surface area contributed by atoms with E-state index >= 15 is 0 Å². The summed E-state index contributed by atoms with van der Waals surface area (Å²) in [6.45, 7) is 3.52. The number of amides is 2. The highest BCUT2D eigenvalue weighted by Gasteiger charge is 2.09. The lowest BCUT2D eigenvalue weighted by molar-refractivity contribution is -0.120. The van der Waals surface area contributed by atoms with Gasteiger partial charge in [0.25, 0.3) is 11.8 Å². The van der Waals surface area contributed by atoms with Gasteiger partial charge in [-0.1, -0.05) is 12.6 Å². The number of carbonyl (C=O) groups excluding carboxylic acids is 2. The van der Waals surface area contributed by atoms with Gasteiger partial charge in [-0.15, -0.1) is 0 Å². The largest absolute Gasteiger partial charge is 0.497 e. The highest BCUT2D eigenvalue weighted by molar-refractivity contribution is 5.96. The molecule has 0 saturated carbocycles. The molecule has 0 fully saturated rings. The van der Waals surface area contributed by atoms with Crippen molar-refractivity contribution in [2.75, 3.05) is 13.7 Å². The minimum absolute atomic E-state index is 0.186. The molecule has 7 heteroatoms. The van der Waals surface area contributed by atoms with Gasteiger partial charge in [0, 0.05) is 5.56 Å². The van der Waals surface area contributed by atoms with E-state index in [1.165, 1.54) is 13.4 Å². The fraction of sp³-hybridized carbons (Fsp3) is 0.125. The Kier molecular flexibility index (Phi) is 5.40. The van der Waals surface area contributed by atoms with Crippen LogP contribution in [0.15, 0.2) is 53.7 Å². The molecule has 1 aromatic heterocycles. The summed E-state index contributed by atoms with van der Waals surface area (Å²) in [5.74, 6) is 0.280. The van der Waals surface area contributed by atoms with Crippen molar-refractivity contribution in [3.05, 3.63) is 60.6 Å². The molecule has 0 aliphatic carbocycles. The molecule has 1 aromatic carbocycles. The van der Waals surface area contributed by atoms with Gasteiger partial charge in [-0.05, 0) is 30.3 Å². The summed E-state index contributed by atoms with van der Waals surface area (Å²) in [6.07, 6.45) is 1.50. The second-order valence-corrected chi connectivity index (χ2v) is 4.54. The third-order valence-electron chi connectivity index (χ3n) is 2.91. The molecule has 2 rings (SSSR count). The maximum absolute atomic E-state index is 11.9. The summed E-state index contributed by atoms with van der Waals surface area (Å²) in [5, 5.41) is 2.51. The van der Waals surface area contributed by atoms with E-state index in [2.05, 4.69) is 22.7 Å². The molecule has 0 unspecified atom stereocenters. The lowest BCUT2D eigenvalue weighted by atomic mass is 10.2. The number of methoxy groups -OCH3 is 1. The van der Waals surface area contributed by atoms with Gasteiger partial charge in [-0.3, -0.25) is 20.4 Å². The summed E-state index contributed by atoms with van der Waals surface area (Å²) < 4.78 is 10.2. The standard InChI is InChI=1S/C16H17N3O4/c1-11(14-7-4-8-23-14)18-19-15(20)10-17-16(21)12-5-3-6-13(9-12)22-2/h3-9,18H,1,10H2,2H3,(H,17,21)(H,19,20). The van der Waals surface area contributed by atoms with Crippen molar-refractivity contribution in [1.29, 1.82) is 0 Å². The van der Waals surface area contributed by atoms with Crippen LogP contribution in [0.2, 0.25) is 0 Å². The van der Waals surface area contributed by atoms with Crippen molar-refractivity contribution < 1.29 is 18.7 Å². The Morgan fingerprint density at radius 2 is 2.04 bits per heavy atom. The van der Waals surface area contributed by atoms with Crippen LogP contribution < -0.4 is 20.9 Å². The Hall–Kier alpha value is -3.22. The molecule has 3 N–H and O–H groups in total. The number of hydrazine groups is 1. The van der Waals surface area contributed by atoms with E-state index in [-0.39, 0.29) is 12.5 Å². The van der Waals surface area contributed by atoms with Crippen molar-refractivity contribution in [2.45, 2.75) is 0 Å². The Morgan fingerprint density at radius 1 is 1.22 bits per heavy atom. The average Bonchev–Trinajstić information content (AvgIpc) is 3.12. The highest BCUT2D eigenvalue weighted by atomic mass is 16.5. The van der Waals surface area contributed by atoms with Crippen LogP contribution in [-0.2, 0) is 4.79 Å². The van der Waals surface area contributed by atoms with Gasteiger partial charge >= 0.3 is 0 Å². The fourth-order valence-corrected chi connectivity index (χ4v) is 1.73. The number of ether oxygens (including phenoxy) is 1. The first kappa shape index (κ1) is 16.2. The smallest absolute Gasteiger partial charge is 0.257 e. The fourth-order valence-electron chi connectivity index (χ4n) is 1.73. The van der Waals surface area contributed by atoms with Gasteiger partial charge in [-0.25, -0.2) is 0 Å². The third-order valence-corrected chi connectivity index (χ3v) is 2.91. The van der Waals surface area contributed by atoms with Gasteiger partial charge in [0.05, 0.1) is 25.6 Å². The molecule has 0 atom stereocenters. The van der Waals surface area contributed by atoms with Crippen molar-refractivity contribution in [1.82, 2.24) is 16.2 Å². The van der Waals surface area contributed by atoms with E-state index in [9.17, 15) is 9.59 Å². The second-order valence-electron chi connectivity index (χ2n) is 4.54. The van der Waals surface area contributed by atoms with Crippen LogP contribution in [0.4, 0.5) is 0 Å². The van der Waals surface area contributed by atoms with Crippen LogP contribution in [0.25, 0.3) is 5.70 Å². The molecule has 0 saturated heterocycles. The van der Waals surface area contributed by atoms with E-state index in [4.69, 9.17) is 9.15 Å². The molecule has 0 radical (unpaired) electrons. The molecule has 0 aliphatic heterocycles. The number of benzene rings is 1. The zero-order valence-corrected chi connectivity index (χ0v) is 12.6. The molecule has 2 aromatic rings. The Morgan fingerprint density at radius 3 is 2.74 bits per heavy atom. The average molecular weight is 315 g/mol. The predicted molar refractivity (Wildman–Crippen MR) is 84.3 cm³/mol. The zero-order valence-electron chi connectivity index (χ0n) is 12.6. The van der Waals surface area contributed by atoms with Crippen molar-refractivity contribution >= 4 is 17.5 Å². The van der Waals surface area contributed by atoms with Crippen LogP contribution in [0.5, 0.6) is 5.75 Å². The number of carbonyl (C=O) groups is 2. The minimum Gasteiger partial charge on any atom is -0.497 e. The minimum atomic E-state index is -0.422. The summed E-state index contributed by atoms with van der Waals surface area (Å²) >= 11 is 0. The zero-order chi connectivity index (χ0) is 16.7. The van der Waals surface area contributed by atoms with Crippen molar-refractivity contribution in [3.8, 4) is 5.75 Å². The van der Waals surface area contributed by atoms with Crippen LogP contribution in [0.1, 0.15) is 16.1 Å². The molecular formula is C16H17N3O4. The van der Waals surface area contributed by atoms with E-state index in [0.29, 0.717) is 22.8 Å².